The molecule has 0 unspecified atom stereocenters. The highest BCUT2D eigenvalue weighted by atomic mass is 32.1. The van der Waals surface area contributed by atoms with Crippen molar-refractivity contribution in [2.24, 2.45) is 0 Å². The number of thiophene rings is 1. The van der Waals surface area contributed by atoms with Gasteiger partial charge in [-0.05, 0) is 40.5 Å². The van der Waals surface area contributed by atoms with E-state index in [4.69, 9.17) is 19.4 Å². The minimum atomic E-state index is 0.649. The lowest BCUT2D eigenvalue weighted by atomic mass is 9.93. The Kier molecular flexibility index (Phi) is 7.64. The highest BCUT2D eigenvalue weighted by Gasteiger charge is 2.22. The minimum absolute atomic E-state index is 0.649. The molecule has 0 spiro atoms. The first-order valence-corrected chi connectivity index (χ1v) is 19.5. The molecule has 5 heteroatoms. The molecule has 0 aliphatic carbocycles. The Balaban J connectivity index is 1.10. The largest absolute Gasteiger partial charge is 0.455 e. The van der Waals surface area contributed by atoms with Gasteiger partial charge in [0.1, 0.15) is 11.2 Å². The number of hydrogen-bond acceptors (Lipinski definition) is 5. The molecule has 3 heterocycles. The number of fused-ring (bicyclic) bond motifs is 6. The first kappa shape index (κ1) is 32.2. The third-order valence-corrected chi connectivity index (χ3v) is 11.8. The number of rotatable bonds is 6. The fourth-order valence-corrected chi connectivity index (χ4v) is 9.18. The van der Waals surface area contributed by atoms with E-state index in [-0.39, 0.29) is 0 Å². The molecular formula is C51H31N3OS. The number of aromatic nitrogens is 3. The average Bonchev–Trinajstić information content (AvgIpc) is 3.87. The fourth-order valence-electron chi connectivity index (χ4n) is 7.93. The molecule has 56 heavy (non-hydrogen) atoms. The van der Waals surface area contributed by atoms with E-state index in [0.717, 1.165) is 60.7 Å². The van der Waals surface area contributed by atoms with E-state index in [1.54, 1.807) is 0 Å². The van der Waals surface area contributed by atoms with Crippen molar-refractivity contribution in [3.63, 3.8) is 0 Å². The van der Waals surface area contributed by atoms with E-state index in [1.807, 2.05) is 78.1 Å². The average molecular weight is 734 g/mol. The summed E-state index contributed by atoms with van der Waals surface area (Å²) in [6.45, 7) is 0. The molecule has 4 nitrogen and oxygen atoms in total. The van der Waals surface area contributed by atoms with Gasteiger partial charge in [0, 0.05) is 58.8 Å². The van der Waals surface area contributed by atoms with Crippen molar-refractivity contribution in [3.05, 3.63) is 188 Å². The van der Waals surface area contributed by atoms with Crippen LogP contribution in [0.2, 0.25) is 0 Å². The van der Waals surface area contributed by atoms with E-state index in [2.05, 4.69) is 121 Å². The Morgan fingerprint density at radius 2 is 0.875 bits per heavy atom. The summed E-state index contributed by atoms with van der Waals surface area (Å²) >= 11 is 1.81. The summed E-state index contributed by atoms with van der Waals surface area (Å²) in [5, 5.41) is 4.53. The molecule has 8 aromatic carbocycles. The van der Waals surface area contributed by atoms with Gasteiger partial charge in [0.2, 0.25) is 0 Å². The van der Waals surface area contributed by atoms with E-state index in [1.165, 1.54) is 31.5 Å². The lowest BCUT2D eigenvalue weighted by Gasteiger charge is -2.11. The summed E-state index contributed by atoms with van der Waals surface area (Å²) in [6.07, 6.45) is 0. The Bertz CT molecular complexity index is 3170. The fraction of sp³-hybridized carbons (Fsp3) is 0. The standard InChI is InChI=1S/C51H31N3OS/c1-4-14-32(15-5-1)33-26-28-34(29-27-33)37-30-31-38(46-40-20-10-11-24-43(40)55-47(37)46)39-21-12-22-41-45-42(23-13-25-44(45)56-48(39)41)51-53-49(35-16-6-2-7-17-35)52-50(54-51)36-18-8-3-9-19-36/h1-31H. The highest BCUT2D eigenvalue weighted by molar-refractivity contribution is 7.26. The van der Waals surface area contributed by atoms with Crippen molar-refractivity contribution in [1.82, 2.24) is 15.0 Å². The highest BCUT2D eigenvalue weighted by Crippen LogP contribution is 2.47. The van der Waals surface area contributed by atoms with E-state index in [0.29, 0.717) is 17.5 Å². The van der Waals surface area contributed by atoms with E-state index < -0.39 is 0 Å². The van der Waals surface area contributed by atoms with Gasteiger partial charge in [-0.2, -0.15) is 0 Å². The van der Waals surface area contributed by atoms with Gasteiger partial charge in [-0.25, -0.2) is 15.0 Å². The molecule has 3 aromatic heterocycles. The third kappa shape index (κ3) is 5.40. The van der Waals surface area contributed by atoms with Crippen LogP contribution < -0.4 is 0 Å². The van der Waals surface area contributed by atoms with Crippen LogP contribution in [0.3, 0.4) is 0 Å². The number of para-hydroxylation sites is 1. The molecule has 0 fully saturated rings. The maximum absolute atomic E-state index is 6.74. The van der Waals surface area contributed by atoms with Crippen molar-refractivity contribution >= 4 is 53.4 Å². The van der Waals surface area contributed by atoms with Gasteiger partial charge >= 0.3 is 0 Å². The van der Waals surface area contributed by atoms with Gasteiger partial charge in [0.15, 0.2) is 17.5 Å². The second kappa shape index (κ2) is 13.3. The number of furan rings is 1. The molecule has 0 radical (unpaired) electrons. The van der Waals surface area contributed by atoms with Crippen LogP contribution in [0.5, 0.6) is 0 Å². The van der Waals surface area contributed by atoms with Crippen LogP contribution in [0.1, 0.15) is 0 Å². The zero-order valence-corrected chi connectivity index (χ0v) is 30.9. The predicted octanol–water partition coefficient (Wildman–Crippen LogP) is 14.1. The molecule has 262 valence electrons. The van der Waals surface area contributed by atoms with Crippen molar-refractivity contribution in [3.8, 4) is 67.5 Å². The molecule has 11 aromatic rings. The maximum atomic E-state index is 6.74. The molecular weight excluding hydrogens is 703 g/mol. The summed E-state index contributed by atoms with van der Waals surface area (Å²) in [4.78, 5) is 15.2. The molecule has 0 bridgehead atoms. The predicted molar refractivity (Wildman–Crippen MR) is 233 cm³/mol. The lowest BCUT2D eigenvalue weighted by molar-refractivity contribution is 0.670. The van der Waals surface area contributed by atoms with Crippen molar-refractivity contribution in [2.75, 3.05) is 0 Å². The van der Waals surface area contributed by atoms with Gasteiger partial charge in [0.25, 0.3) is 0 Å². The summed E-state index contributed by atoms with van der Waals surface area (Å²) in [7, 11) is 0. The Morgan fingerprint density at radius 3 is 1.59 bits per heavy atom. The minimum Gasteiger partial charge on any atom is -0.455 e. The zero-order valence-electron chi connectivity index (χ0n) is 30.1. The van der Waals surface area contributed by atoms with Gasteiger partial charge < -0.3 is 4.42 Å². The quantitative estimate of drug-likeness (QED) is 0.171. The third-order valence-electron chi connectivity index (χ3n) is 10.6. The Labute approximate surface area is 327 Å². The SMILES string of the molecule is c1ccc(-c2ccc(-c3ccc(-c4cccc5c4sc4cccc(-c6nc(-c7ccccc7)nc(-c7ccccc7)n6)c45)c4c3oc3ccccc34)cc2)cc1. The number of benzene rings is 8. The van der Waals surface area contributed by atoms with E-state index >= 15 is 0 Å². The van der Waals surface area contributed by atoms with E-state index in [9.17, 15) is 0 Å². The first-order chi connectivity index (χ1) is 27.8. The van der Waals surface area contributed by atoms with Gasteiger partial charge in [-0.1, -0.05) is 170 Å². The second-order valence-corrected chi connectivity index (χ2v) is 15.0. The van der Waals surface area contributed by atoms with Crippen LogP contribution >= 0.6 is 11.3 Å². The van der Waals surface area contributed by atoms with Crippen LogP contribution in [0.25, 0.3) is 110 Å². The summed E-state index contributed by atoms with van der Waals surface area (Å²) in [5.41, 5.74) is 11.5. The number of hydrogen-bond donors (Lipinski definition) is 0. The van der Waals surface area contributed by atoms with Crippen LogP contribution in [0, 0.1) is 0 Å². The molecule has 0 aliphatic heterocycles. The summed E-state index contributed by atoms with van der Waals surface area (Å²) < 4.78 is 9.13. The molecule has 0 atom stereocenters. The first-order valence-electron chi connectivity index (χ1n) is 18.7. The second-order valence-electron chi connectivity index (χ2n) is 13.9. The maximum Gasteiger partial charge on any atom is 0.164 e. The zero-order chi connectivity index (χ0) is 37.0. The molecule has 0 N–H and O–H groups in total. The normalized spacial score (nSPS) is 11.6. The monoisotopic (exact) mass is 733 g/mol. The topological polar surface area (TPSA) is 51.8 Å². The van der Waals surface area contributed by atoms with Crippen LogP contribution in [-0.2, 0) is 0 Å². The van der Waals surface area contributed by atoms with Gasteiger partial charge in [-0.3, -0.25) is 0 Å². The van der Waals surface area contributed by atoms with Crippen molar-refractivity contribution in [1.29, 1.82) is 0 Å². The van der Waals surface area contributed by atoms with Crippen molar-refractivity contribution < 1.29 is 4.42 Å². The van der Waals surface area contributed by atoms with Crippen LogP contribution in [0.4, 0.5) is 0 Å². The van der Waals surface area contributed by atoms with Gasteiger partial charge in [0.05, 0.1) is 0 Å². The van der Waals surface area contributed by atoms with Crippen molar-refractivity contribution in [2.45, 2.75) is 0 Å². The smallest absolute Gasteiger partial charge is 0.164 e. The molecule has 0 amide bonds. The Morgan fingerprint density at radius 1 is 0.339 bits per heavy atom. The molecule has 0 aliphatic rings. The lowest BCUT2D eigenvalue weighted by Crippen LogP contribution is -2.00. The Hall–Kier alpha value is -7.21. The molecule has 0 saturated carbocycles. The summed E-state index contributed by atoms with van der Waals surface area (Å²) in [6, 6.07) is 65.5. The molecule has 11 rings (SSSR count). The molecule has 0 saturated heterocycles. The van der Waals surface area contributed by atoms with Gasteiger partial charge in [-0.15, -0.1) is 11.3 Å². The number of nitrogens with zero attached hydrogens (tertiary/aromatic N) is 3. The summed E-state index contributed by atoms with van der Waals surface area (Å²) in [5.74, 6) is 1.95. The van der Waals surface area contributed by atoms with Crippen LogP contribution in [0.15, 0.2) is 192 Å². The van der Waals surface area contributed by atoms with Crippen LogP contribution in [-0.4, -0.2) is 15.0 Å².